The Labute approximate surface area is 154 Å². The Morgan fingerprint density at radius 2 is 1.92 bits per heavy atom. The summed E-state index contributed by atoms with van der Waals surface area (Å²) in [5, 5.41) is 0. The number of allylic oxidation sites excluding steroid dienone is 2. The minimum Gasteiger partial charge on any atom is -0.464 e. The number of Topliss-reactive ketones (excluding diaryl/α,β-unsaturated/α-hetero) is 1. The van der Waals surface area contributed by atoms with Crippen molar-refractivity contribution in [1.82, 2.24) is 0 Å². The van der Waals surface area contributed by atoms with Crippen LogP contribution in [0.2, 0.25) is 0 Å². The Balaban J connectivity index is 1.65. The quantitative estimate of drug-likeness (QED) is 0.403. The first kappa shape index (κ1) is 17.3. The predicted octanol–water partition coefficient (Wildman–Crippen LogP) is 4.79. The summed E-state index contributed by atoms with van der Waals surface area (Å²) in [6.45, 7) is 5.17. The number of carbonyl (C=O) groups is 2. The van der Waals surface area contributed by atoms with E-state index in [1.54, 1.807) is 0 Å². The fraction of sp³-hybridized carbons (Fsp3) is 0.714. The summed E-state index contributed by atoms with van der Waals surface area (Å²) < 4.78 is 5.25. The van der Waals surface area contributed by atoms with Crippen LogP contribution in [0, 0.1) is 28.6 Å². The third-order valence-electron chi connectivity index (χ3n) is 8.08. The van der Waals surface area contributed by atoms with Gasteiger partial charge in [0.1, 0.15) is 6.10 Å². The van der Waals surface area contributed by atoms with Crippen molar-refractivity contribution in [2.24, 2.45) is 28.6 Å². The number of fused-ring (bicyclic) bond motifs is 5. The highest BCUT2D eigenvalue weighted by molar-refractivity contribution is 6.28. The fourth-order valence-electron chi connectivity index (χ4n) is 6.59. The minimum atomic E-state index is -0.221. The van der Waals surface area contributed by atoms with E-state index in [-0.39, 0.29) is 22.7 Å². The Morgan fingerprint density at radius 1 is 1.16 bits per heavy atom. The molecule has 4 heteroatoms. The second kappa shape index (κ2) is 5.97. The Morgan fingerprint density at radius 3 is 2.64 bits per heavy atom. The van der Waals surface area contributed by atoms with Gasteiger partial charge in [-0.05, 0) is 61.7 Å². The normalized spacial score (nSPS) is 47.6. The second-order valence-electron chi connectivity index (χ2n) is 8.98. The van der Waals surface area contributed by atoms with Gasteiger partial charge >= 0.3 is 0 Å². The maximum absolute atomic E-state index is 12.8. The number of rotatable bonds is 2. The summed E-state index contributed by atoms with van der Waals surface area (Å²) in [7, 11) is 0. The molecular formula is C21H27ClO3. The van der Waals surface area contributed by atoms with Gasteiger partial charge < -0.3 is 4.74 Å². The van der Waals surface area contributed by atoms with Crippen LogP contribution in [-0.2, 0) is 14.3 Å². The van der Waals surface area contributed by atoms with Crippen molar-refractivity contribution in [2.45, 2.75) is 64.9 Å². The molecule has 0 aromatic heterocycles. The first-order chi connectivity index (χ1) is 11.9. The van der Waals surface area contributed by atoms with E-state index in [2.05, 4.69) is 19.9 Å². The average Bonchev–Trinajstić information content (AvgIpc) is 2.87. The minimum absolute atomic E-state index is 0.0427. The van der Waals surface area contributed by atoms with Crippen LogP contribution in [-0.4, -0.2) is 18.4 Å². The summed E-state index contributed by atoms with van der Waals surface area (Å²) in [6.07, 6.45) is 9.34. The molecule has 3 saturated carbocycles. The molecular weight excluding hydrogens is 336 g/mol. The zero-order chi connectivity index (χ0) is 17.8. The molecule has 136 valence electrons. The smallest absolute Gasteiger partial charge is 0.293 e. The molecule has 0 aliphatic heterocycles. The molecule has 0 heterocycles. The van der Waals surface area contributed by atoms with Gasteiger partial charge in [0.05, 0.1) is 0 Å². The zero-order valence-corrected chi connectivity index (χ0v) is 15.8. The van der Waals surface area contributed by atoms with Gasteiger partial charge in [-0.1, -0.05) is 37.1 Å². The molecule has 0 spiro atoms. The van der Waals surface area contributed by atoms with Gasteiger partial charge in [0.15, 0.2) is 5.78 Å². The van der Waals surface area contributed by atoms with Crippen LogP contribution in [0.1, 0.15) is 58.8 Å². The summed E-state index contributed by atoms with van der Waals surface area (Å²) in [4.78, 5) is 23.5. The van der Waals surface area contributed by atoms with Crippen LogP contribution in [0.3, 0.4) is 0 Å². The topological polar surface area (TPSA) is 43.4 Å². The van der Waals surface area contributed by atoms with Crippen molar-refractivity contribution >= 4 is 23.9 Å². The maximum atomic E-state index is 12.8. The molecule has 3 fully saturated rings. The molecule has 0 bridgehead atoms. The highest BCUT2D eigenvalue weighted by atomic mass is 35.5. The molecule has 4 rings (SSSR count). The SMILES string of the molecule is C[C@]12CC[C@H](OC=O)CC1=CC[C@@H]1[C@@H]2CC[C@]2(C)C(=O)/C(=C/Cl)C[C@@H]12. The van der Waals surface area contributed by atoms with Crippen molar-refractivity contribution in [3.63, 3.8) is 0 Å². The summed E-state index contributed by atoms with van der Waals surface area (Å²) >= 11 is 5.95. The lowest BCUT2D eigenvalue weighted by Crippen LogP contribution is -2.50. The lowest BCUT2D eigenvalue weighted by molar-refractivity contribution is -0.136. The van der Waals surface area contributed by atoms with Crippen LogP contribution >= 0.6 is 11.6 Å². The van der Waals surface area contributed by atoms with Crippen LogP contribution in [0.5, 0.6) is 0 Å². The Kier molecular flexibility index (Phi) is 4.14. The number of ether oxygens (including phenoxy) is 1. The van der Waals surface area contributed by atoms with E-state index in [9.17, 15) is 9.59 Å². The largest absolute Gasteiger partial charge is 0.464 e. The fourth-order valence-corrected chi connectivity index (χ4v) is 6.78. The molecule has 3 nitrogen and oxygen atoms in total. The molecule has 0 radical (unpaired) electrons. The summed E-state index contributed by atoms with van der Waals surface area (Å²) in [6, 6.07) is 0. The first-order valence-corrected chi connectivity index (χ1v) is 10.0. The number of hydrogen-bond donors (Lipinski definition) is 0. The van der Waals surface area contributed by atoms with Gasteiger partial charge in [-0.25, -0.2) is 0 Å². The average molecular weight is 363 g/mol. The molecule has 6 atom stereocenters. The molecule has 0 saturated heterocycles. The molecule has 25 heavy (non-hydrogen) atoms. The van der Waals surface area contributed by atoms with E-state index in [0.717, 1.165) is 50.5 Å². The van der Waals surface area contributed by atoms with Crippen LogP contribution in [0.4, 0.5) is 0 Å². The molecule has 0 aromatic carbocycles. The van der Waals surface area contributed by atoms with Crippen molar-refractivity contribution < 1.29 is 14.3 Å². The van der Waals surface area contributed by atoms with Gasteiger partial charge in [0.25, 0.3) is 6.47 Å². The molecule has 4 aliphatic rings. The van der Waals surface area contributed by atoms with E-state index in [0.29, 0.717) is 24.2 Å². The van der Waals surface area contributed by atoms with Gasteiger partial charge in [-0.15, -0.1) is 0 Å². The number of halogens is 1. The predicted molar refractivity (Wildman–Crippen MR) is 97.0 cm³/mol. The van der Waals surface area contributed by atoms with E-state index >= 15 is 0 Å². The molecule has 0 unspecified atom stereocenters. The van der Waals surface area contributed by atoms with Crippen LogP contribution in [0.15, 0.2) is 22.8 Å². The van der Waals surface area contributed by atoms with Crippen molar-refractivity contribution in [1.29, 1.82) is 0 Å². The lowest BCUT2D eigenvalue weighted by Gasteiger charge is -2.56. The van der Waals surface area contributed by atoms with E-state index in [1.165, 1.54) is 11.1 Å². The molecule has 0 aromatic rings. The van der Waals surface area contributed by atoms with Gasteiger partial charge in [0, 0.05) is 22.9 Å². The lowest BCUT2D eigenvalue weighted by atomic mass is 9.48. The monoisotopic (exact) mass is 362 g/mol. The Hall–Kier alpha value is -1.09. The Bertz CT molecular complexity index is 666. The van der Waals surface area contributed by atoms with Crippen LogP contribution < -0.4 is 0 Å². The number of ketones is 1. The first-order valence-electron chi connectivity index (χ1n) is 9.56. The summed E-state index contributed by atoms with van der Waals surface area (Å²) in [5.41, 5.74) is 3.81. The third kappa shape index (κ3) is 2.38. The van der Waals surface area contributed by atoms with Crippen molar-refractivity contribution in [2.75, 3.05) is 0 Å². The molecule has 0 amide bonds. The highest BCUT2D eigenvalue weighted by Gasteiger charge is 2.59. The summed E-state index contributed by atoms with van der Waals surface area (Å²) in [5.74, 6) is 1.90. The highest BCUT2D eigenvalue weighted by Crippen LogP contribution is 2.64. The maximum Gasteiger partial charge on any atom is 0.293 e. The van der Waals surface area contributed by atoms with Crippen molar-refractivity contribution in [3.05, 3.63) is 22.8 Å². The third-order valence-corrected chi connectivity index (χ3v) is 8.34. The second-order valence-corrected chi connectivity index (χ2v) is 9.20. The van der Waals surface area contributed by atoms with Crippen LogP contribution in [0.25, 0.3) is 0 Å². The van der Waals surface area contributed by atoms with E-state index < -0.39 is 0 Å². The molecule has 0 N–H and O–H groups in total. The number of carbonyl (C=O) groups excluding carboxylic acids is 2. The van der Waals surface area contributed by atoms with Gasteiger partial charge in [-0.3, -0.25) is 9.59 Å². The standard InChI is InChI=1S/C21H27ClO3/c1-20-7-5-15(25-12-23)10-14(20)3-4-16-17(20)6-8-21(2)18(16)9-13(11-22)19(21)24/h3,11-12,15-18H,4-10H2,1-2H3/b13-11+/t15-,16+,17-,18-,20-,21-/m0/s1. The van der Waals surface area contributed by atoms with Gasteiger partial charge in [0.2, 0.25) is 0 Å². The van der Waals surface area contributed by atoms with Gasteiger partial charge in [-0.2, -0.15) is 0 Å². The van der Waals surface area contributed by atoms with E-state index in [1.807, 2.05) is 0 Å². The van der Waals surface area contributed by atoms with Crippen molar-refractivity contribution in [3.8, 4) is 0 Å². The number of hydrogen-bond acceptors (Lipinski definition) is 3. The molecule has 4 aliphatic carbocycles. The zero-order valence-electron chi connectivity index (χ0n) is 15.1. The van der Waals surface area contributed by atoms with E-state index in [4.69, 9.17) is 16.3 Å².